The molecule has 3 rings (SSSR count). The molecule has 3 aromatic rings. The molecule has 0 atom stereocenters. The first-order valence-corrected chi connectivity index (χ1v) is 7.57. The van der Waals surface area contributed by atoms with Crippen molar-refractivity contribution in [3.05, 3.63) is 48.4 Å². The molecular weight excluding hydrogens is 282 g/mol. The Hall–Kier alpha value is -2.01. The van der Waals surface area contributed by atoms with Crippen molar-refractivity contribution >= 4 is 17.3 Å². The summed E-state index contributed by atoms with van der Waals surface area (Å²) in [7, 11) is 0. The molecule has 0 saturated carbocycles. The summed E-state index contributed by atoms with van der Waals surface area (Å²) in [6.45, 7) is 6.43. The largest absolute Gasteiger partial charge is 0.508 e. The quantitative estimate of drug-likeness (QED) is 0.780. The third-order valence-electron chi connectivity index (χ3n) is 3.16. The molecule has 0 saturated heterocycles. The summed E-state index contributed by atoms with van der Waals surface area (Å²) < 4.78 is 1.86. The summed E-state index contributed by atoms with van der Waals surface area (Å²) in [5.41, 5.74) is 2.02. The molecule has 0 aliphatic carbocycles. The first kappa shape index (κ1) is 13.9. The molecule has 0 amide bonds. The maximum atomic E-state index is 9.56. The number of nitrogens with zero attached hydrogens (tertiary/aromatic N) is 3. The molecule has 0 aliphatic heterocycles. The normalized spacial score (nSPS) is 12.0. The molecule has 2 aromatic heterocycles. The van der Waals surface area contributed by atoms with Crippen LogP contribution < -0.4 is 0 Å². The van der Waals surface area contributed by atoms with Gasteiger partial charge in [0.05, 0.1) is 11.2 Å². The van der Waals surface area contributed by atoms with Gasteiger partial charge in [0.25, 0.3) is 0 Å². The highest BCUT2D eigenvalue weighted by molar-refractivity contribution is 7.99. The zero-order valence-corrected chi connectivity index (χ0v) is 13.1. The Morgan fingerprint density at radius 3 is 2.71 bits per heavy atom. The van der Waals surface area contributed by atoms with Crippen molar-refractivity contribution in [1.29, 1.82) is 0 Å². The average Bonchev–Trinajstić information content (AvgIpc) is 2.84. The van der Waals surface area contributed by atoms with E-state index in [0.717, 1.165) is 21.1 Å². The molecular formula is C16H17N3OS. The predicted molar refractivity (Wildman–Crippen MR) is 83.9 cm³/mol. The number of fused-ring (bicyclic) bond motifs is 1. The van der Waals surface area contributed by atoms with Crippen molar-refractivity contribution in [2.45, 2.75) is 36.1 Å². The van der Waals surface area contributed by atoms with Crippen LogP contribution in [0.25, 0.3) is 5.52 Å². The lowest BCUT2D eigenvalue weighted by Crippen LogP contribution is -2.11. The maximum Gasteiger partial charge on any atom is 0.127 e. The third kappa shape index (κ3) is 2.88. The van der Waals surface area contributed by atoms with Gasteiger partial charge >= 0.3 is 0 Å². The fourth-order valence-corrected chi connectivity index (χ4v) is 2.92. The summed E-state index contributed by atoms with van der Waals surface area (Å²) in [5.74, 6) is 0.260. The van der Waals surface area contributed by atoms with Gasteiger partial charge in [-0.25, -0.2) is 9.50 Å². The zero-order valence-electron chi connectivity index (χ0n) is 12.2. The molecule has 5 heteroatoms. The van der Waals surface area contributed by atoms with Crippen molar-refractivity contribution in [3.63, 3.8) is 0 Å². The summed E-state index contributed by atoms with van der Waals surface area (Å²) >= 11 is 1.52. The lowest BCUT2D eigenvalue weighted by Gasteiger charge is -2.13. The van der Waals surface area contributed by atoms with Gasteiger partial charge in [0.2, 0.25) is 0 Å². The highest BCUT2D eigenvalue weighted by Crippen LogP contribution is 2.32. The average molecular weight is 299 g/mol. The smallest absolute Gasteiger partial charge is 0.127 e. The molecule has 21 heavy (non-hydrogen) atoms. The summed E-state index contributed by atoms with van der Waals surface area (Å²) in [6, 6.07) is 9.26. The number of aromatic nitrogens is 3. The van der Waals surface area contributed by atoms with Crippen molar-refractivity contribution in [2.75, 3.05) is 0 Å². The van der Waals surface area contributed by atoms with E-state index in [9.17, 15) is 5.11 Å². The molecule has 1 N–H and O–H groups in total. The molecule has 0 bridgehead atoms. The van der Waals surface area contributed by atoms with Crippen LogP contribution in [-0.4, -0.2) is 19.7 Å². The molecule has 0 unspecified atom stereocenters. The topological polar surface area (TPSA) is 50.4 Å². The van der Waals surface area contributed by atoms with Crippen LogP contribution in [0.4, 0.5) is 0 Å². The summed E-state index contributed by atoms with van der Waals surface area (Å²) in [6.07, 6.45) is 3.61. The number of rotatable bonds is 2. The van der Waals surface area contributed by atoms with E-state index in [-0.39, 0.29) is 11.2 Å². The van der Waals surface area contributed by atoms with Crippen LogP contribution in [0.15, 0.2) is 52.6 Å². The number of hydrogen-bond acceptors (Lipinski definition) is 4. The lowest BCUT2D eigenvalue weighted by molar-refractivity contribution is 0.474. The van der Waals surface area contributed by atoms with Gasteiger partial charge in [0.15, 0.2) is 0 Å². The van der Waals surface area contributed by atoms with E-state index in [1.807, 2.05) is 22.8 Å². The minimum Gasteiger partial charge on any atom is -0.508 e. The predicted octanol–water partition coefficient (Wildman–Crippen LogP) is 3.88. The van der Waals surface area contributed by atoms with Crippen LogP contribution in [0.1, 0.15) is 26.5 Å². The Balaban J connectivity index is 2.04. The number of phenolic OH excluding ortho intramolecular Hbond substituents is 1. The number of benzene rings is 1. The fraction of sp³-hybridized carbons (Fsp3) is 0.250. The molecule has 0 aliphatic rings. The molecule has 0 radical (unpaired) electrons. The van der Waals surface area contributed by atoms with E-state index in [1.54, 1.807) is 18.3 Å². The van der Waals surface area contributed by atoms with E-state index in [1.165, 1.54) is 11.8 Å². The highest BCUT2D eigenvalue weighted by atomic mass is 32.2. The van der Waals surface area contributed by atoms with Crippen molar-refractivity contribution in [1.82, 2.24) is 14.6 Å². The first-order valence-electron chi connectivity index (χ1n) is 6.75. The third-order valence-corrected chi connectivity index (χ3v) is 4.15. The van der Waals surface area contributed by atoms with Crippen LogP contribution in [0, 0.1) is 0 Å². The molecule has 108 valence electrons. The van der Waals surface area contributed by atoms with Crippen LogP contribution >= 0.6 is 11.8 Å². The number of aromatic hydroxyl groups is 1. The van der Waals surface area contributed by atoms with Gasteiger partial charge < -0.3 is 5.11 Å². The minimum absolute atomic E-state index is 0.00102. The van der Waals surface area contributed by atoms with Crippen LogP contribution in [0.5, 0.6) is 5.75 Å². The second-order valence-electron chi connectivity index (χ2n) is 5.94. The van der Waals surface area contributed by atoms with Crippen molar-refractivity contribution in [2.24, 2.45) is 0 Å². The van der Waals surface area contributed by atoms with Gasteiger partial charge in [0, 0.05) is 22.7 Å². The van der Waals surface area contributed by atoms with Crippen molar-refractivity contribution in [3.8, 4) is 5.75 Å². The van der Waals surface area contributed by atoms with Gasteiger partial charge in [-0.1, -0.05) is 38.6 Å². The van der Waals surface area contributed by atoms with Gasteiger partial charge in [-0.3, -0.25) is 0 Å². The number of phenols is 1. The van der Waals surface area contributed by atoms with E-state index in [4.69, 9.17) is 0 Å². The Kier molecular flexibility index (Phi) is 3.37. The first-order chi connectivity index (χ1) is 9.93. The zero-order chi connectivity index (χ0) is 15.0. The Morgan fingerprint density at radius 2 is 2.00 bits per heavy atom. The fourth-order valence-electron chi connectivity index (χ4n) is 2.00. The minimum atomic E-state index is -0.00102. The van der Waals surface area contributed by atoms with Gasteiger partial charge in [-0.15, -0.1) is 0 Å². The van der Waals surface area contributed by atoms with E-state index in [2.05, 4.69) is 36.9 Å². The highest BCUT2D eigenvalue weighted by Gasteiger charge is 2.19. The monoisotopic (exact) mass is 299 g/mol. The maximum absolute atomic E-state index is 9.56. The van der Waals surface area contributed by atoms with Crippen LogP contribution in [-0.2, 0) is 5.41 Å². The van der Waals surface area contributed by atoms with Crippen molar-refractivity contribution < 1.29 is 5.11 Å². The van der Waals surface area contributed by atoms with E-state index in [0.29, 0.717) is 0 Å². The van der Waals surface area contributed by atoms with Gasteiger partial charge in [0.1, 0.15) is 10.8 Å². The van der Waals surface area contributed by atoms with E-state index < -0.39 is 0 Å². The van der Waals surface area contributed by atoms with Gasteiger partial charge in [-0.2, -0.15) is 5.10 Å². The second kappa shape index (κ2) is 5.07. The van der Waals surface area contributed by atoms with Crippen LogP contribution in [0.2, 0.25) is 0 Å². The Morgan fingerprint density at radius 1 is 1.19 bits per heavy atom. The lowest BCUT2D eigenvalue weighted by atomic mass is 9.92. The number of hydrogen-bond donors (Lipinski definition) is 1. The summed E-state index contributed by atoms with van der Waals surface area (Å²) in [5, 5.41) is 15.1. The van der Waals surface area contributed by atoms with Gasteiger partial charge in [-0.05, 0) is 24.3 Å². The molecule has 2 heterocycles. The molecule has 0 fully saturated rings. The standard InChI is InChI=1S/C16H17N3OS/c1-16(2,3)14-10-13-15(17-7-8-19(13)18-14)21-12-6-4-5-11(20)9-12/h4-10,20H,1-3H3. The SMILES string of the molecule is CC(C)(C)c1cc2c(Sc3cccc(O)c3)nccn2n1. The second-order valence-corrected chi connectivity index (χ2v) is 7.00. The van der Waals surface area contributed by atoms with Crippen LogP contribution in [0.3, 0.4) is 0 Å². The molecule has 1 aromatic carbocycles. The molecule has 4 nitrogen and oxygen atoms in total. The van der Waals surface area contributed by atoms with E-state index >= 15 is 0 Å². The Bertz CT molecular complexity index is 790. The summed E-state index contributed by atoms with van der Waals surface area (Å²) in [4.78, 5) is 5.40. The Labute approximate surface area is 127 Å². The molecule has 0 spiro atoms.